The van der Waals surface area contributed by atoms with Gasteiger partial charge in [0.25, 0.3) is 5.91 Å². The van der Waals surface area contributed by atoms with E-state index in [9.17, 15) is 18.0 Å². The number of amides is 1. The number of hydrogen-bond donors (Lipinski definition) is 1. The average molecular weight is 464 g/mol. The van der Waals surface area contributed by atoms with Gasteiger partial charge in [0.2, 0.25) is 0 Å². The first-order valence-electron chi connectivity index (χ1n) is 8.11. The van der Waals surface area contributed by atoms with Gasteiger partial charge in [-0.15, -0.1) is 11.3 Å². The quantitative estimate of drug-likeness (QED) is 0.580. The fourth-order valence-corrected chi connectivity index (χ4v) is 4.05. The van der Waals surface area contributed by atoms with Gasteiger partial charge in [-0.3, -0.25) is 14.2 Å². The Kier molecular flexibility index (Phi) is 5.35. The lowest BCUT2D eigenvalue weighted by atomic mass is 10.2. The van der Waals surface area contributed by atoms with E-state index in [0.717, 1.165) is 31.9 Å². The Morgan fingerprint density at radius 3 is 2.63 bits per heavy atom. The van der Waals surface area contributed by atoms with E-state index < -0.39 is 11.9 Å². The molecule has 0 fully saturated rings. The van der Waals surface area contributed by atoms with Crippen molar-refractivity contribution in [2.45, 2.75) is 33.0 Å². The highest BCUT2D eigenvalue weighted by Crippen LogP contribution is 2.37. The normalized spacial score (nSPS) is 12.1. The van der Waals surface area contributed by atoms with Gasteiger partial charge in [0.05, 0.1) is 15.0 Å². The first kappa shape index (κ1) is 19.9. The van der Waals surface area contributed by atoms with Crippen LogP contribution in [0.1, 0.15) is 33.2 Å². The second-order valence-electron chi connectivity index (χ2n) is 6.12. The molecule has 0 bridgehead atoms. The lowest BCUT2D eigenvalue weighted by Crippen LogP contribution is -2.24. The molecule has 0 aliphatic rings. The molecule has 0 aliphatic carbocycles. The maximum Gasteiger partial charge on any atom is 0.435 e. The number of nitrogens with one attached hydrogen (secondary N) is 1. The van der Waals surface area contributed by atoms with Gasteiger partial charge < -0.3 is 5.32 Å². The van der Waals surface area contributed by atoms with Crippen LogP contribution in [-0.4, -0.2) is 32.0 Å². The standard InChI is InChI=1S/C16H17BrF3N5OS/c1-8-12(17)9(2)25(22-8)6-4-5-21-14(26)11-7-10-13(16(18,19)20)23-24(3)15(10)27-11/h7H,4-6H2,1-3H3,(H,21,26). The van der Waals surface area contributed by atoms with Crippen molar-refractivity contribution in [1.82, 2.24) is 24.9 Å². The molecular formula is C16H17BrF3N5OS. The summed E-state index contributed by atoms with van der Waals surface area (Å²) in [6, 6.07) is 1.25. The highest BCUT2D eigenvalue weighted by molar-refractivity contribution is 9.10. The van der Waals surface area contributed by atoms with Crippen molar-refractivity contribution in [1.29, 1.82) is 0 Å². The third-order valence-corrected chi connectivity index (χ3v) is 6.48. The molecule has 1 amide bonds. The molecule has 0 aromatic carbocycles. The Bertz CT molecular complexity index is 1000. The molecule has 0 spiro atoms. The first-order chi connectivity index (χ1) is 12.6. The van der Waals surface area contributed by atoms with E-state index in [-0.39, 0.29) is 16.2 Å². The fraction of sp³-hybridized carbons (Fsp3) is 0.438. The van der Waals surface area contributed by atoms with Crippen LogP contribution in [0, 0.1) is 13.8 Å². The molecule has 3 heterocycles. The number of halogens is 4. The molecule has 6 nitrogen and oxygen atoms in total. The monoisotopic (exact) mass is 463 g/mol. The zero-order chi connectivity index (χ0) is 19.9. The number of alkyl halides is 3. The molecule has 3 aromatic rings. The lowest BCUT2D eigenvalue weighted by molar-refractivity contribution is -0.140. The van der Waals surface area contributed by atoms with Gasteiger partial charge in [0.15, 0.2) is 5.69 Å². The number of nitrogens with zero attached hydrogens (tertiary/aromatic N) is 4. The topological polar surface area (TPSA) is 64.7 Å². The largest absolute Gasteiger partial charge is 0.435 e. The van der Waals surface area contributed by atoms with E-state index in [4.69, 9.17) is 0 Å². The molecule has 3 aromatic heterocycles. The minimum atomic E-state index is -4.55. The van der Waals surface area contributed by atoms with Crippen molar-refractivity contribution in [3.05, 3.63) is 32.5 Å². The molecule has 27 heavy (non-hydrogen) atoms. The SMILES string of the molecule is Cc1nn(CCCNC(=O)c2cc3c(C(F)(F)F)nn(C)c3s2)c(C)c1Br. The summed E-state index contributed by atoms with van der Waals surface area (Å²) in [4.78, 5) is 12.8. The van der Waals surface area contributed by atoms with E-state index in [1.54, 1.807) is 0 Å². The van der Waals surface area contributed by atoms with Crippen molar-refractivity contribution in [3.63, 3.8) is 0 Å². The Morgan fingerprint density at radius 1 is 1.33 bits per heavy atom. The van der Waals surface area contributed by atoms with Gasteiger partial charge >= 0.3 is 6.18 Å². The van der Waals surface area contributed by atoms with Gasteiger partial charge in [-0.1, -0.05) is 0 Å². The molecule has 146 valence electrons. The van der Waals surface area contributed by atoms with Crippen LogP contribution in [0.15, 0.2) is 10.5 Å². The summed E-state index contributed by atoms with van der Waals surface area (Å²) in [6.45, 7) is 4.88. The maximum absolute atomic E-state index is 13.0. The third kappa shape index (κ3) is 3.88. The minimum absolute atomic E-state index is 0.0485. The summed E-state index contributed by atoms with van der Waals surface area (Å²) in [6.07, 6.45) is -3.90. The molecule has 0 saturated carbocycles. The zero-order valence-corrected chi connectivity index (χ0v) is 17.2. The number of rotatable bonds is 5. The number of hydrogen-bond acceptors (Lipinski definition) is 4. The smallest absolute Gasteiger partial charge is 0.351 e. The van der Waals surface area contributed by atoms with Crippen LogP contribution in [0.5, 0.6) is 0 Å². The van der Waals surface area contributed by atoms with E-state index in [1.807, 2.05) is 18.5 Å². The predicted octanol–water partition coefficient (Wildman–Crippen LogP) is 4.05. The van der Waals surface area contributed by atoms with Crippen LogP contribution in [0.3, 0.4) is 0 Å². The Morgan fingerprint density at radius 2 is 2.04 bits per heavy atom. The number of aryl methyl sites for hydroxylation is 3. The number of thiophene rings is 1. The molecule has 11 heteroatoms. The van der Waals surface area contributed by atoms with E-state index in [1.165, 1.54) is 13.1 Å². The Balaban J connectivity index is 1.64. The Labute approximate surface area is 165 Å². The van der Waals surface area contributed by atoms with Gasteiger partial charge in [-0.25, -0.2) is 0 Å². The van der Waals surface area contributed by atoms with Gasteiger partial charge in [-0.2, -0.15) is 23.4 Å². The van der Waals surface area contributed by atoms with Gasteiger partial charge in [-0.05, 0) is 42.3 Å². The minimum Gasteiger partial charge on any atom is -0.351 e. The van der Waals surface area contributed by atoms with Crippen molar-refractivity contribution < 1.29 is 18.0 Å². The molecule has 1 N–H and O–H groups in total. The third-order valence-electron chi connectivity index (χ3n) is 4.13. The average Bonchev–Trinajstić information content (AvgIpc) is 3.22. The second kappa shape index (κ2) is 7.27. The summed E-state index contributed by atoms with van der Waals surface area (Å²) in [5.74, 6) is -0.390. The molecule has 0 aliphatic heterocycles. The molecular weight excluding hydrogens is 447 g/mol. The van der Waals surface area contributed by atoms with Crippen LogP contribution in [0.2, 0.25) is 0 Å². The molecule has 0 atom stereocenters. The van der Waals surface area contributed by atoms with E-state index in [2.05, 4.69) is 31.4 Å². The predicted molar refractivity (Wildman–Crippen MR) is 99.9 cm³/mol. The van der Waals surface area contributed by atoms with E-state index in [0.29, 0.717) is 24.3 Å². The van der Waals surface area contributed by atoms with Crippen molar-refractivity contribution >= 4 is 43.4 Å². The van der Waals surface area contributed by atoms with Crippen molar-refractivity contribution in [2.75, 3.05) is 6.54 Å². The fourth-order valence-electron chi connectivity index (χ4n) is 2.77. The van der Waals surface area contributed by atoms with Crippen molar-refractivity contribution in [2.24, 2.45) is 7.05 Å². The summed E-state index contributed by atoms with van der Waals surface area (Å²) in [5, 5.41) is 10.6. The first-order valence-corrected chi connectivity index (χ1v) is 9.72. The van der Waals surface area contributed by atoms with Crippen LogP contribution >= 0.6 is 27.3 Å². The molecule has 3 rings (SSSR count). The highest BCUT2D eigenvalue weighted by atomic mass is 79.9. The maximum atomic E-state index is 13.0. The molecule has 0 radical (unpaired) electrons. The second-order valence-corrected chi connectivity index (χ2v) is 7.94. The van der Waals surface area contributed by atoms with Crippen LogP contribution in [-0.2, 0) is 19.8 Å². The number of aromatic nitrogens is 4. The number of carbonyl (C=O) groups excluding carboxylic acids is 1. The van der Waals surface area contributed by atoms with Crippen LogP contribution in [0.25, 0.3) is 10.2 Å². The number of fused-ring (bicyclic) bond motifs is 1. The summed E-state index contributed by atoms with van der Waals surface area (Å²) >= 11 is 4.46. The lowest BCUT2D eigenvalue weighted by Gasteiger charge is -2.06. The molecule has 0 unspecified atom stereocenters. The number of carbonyl (C=O) groups is 1. The van der Waals surface area contributed by atoms with Gasteiger partial charge in [0, 0.05) is 31.2 Å². The summed E-state index contributed by atoms with van der Waals surface area (Å²) in [7, 11) is 1.43. The van der Waals surface area contributed by atoms with Crippen LogP contribution in [0.4, 0.5) is 13.2 Å². The zero-order valence-electron chi connectivity index (χ0n) is 14.8. The van der Waals surface area contributed by atoms with Gasteiger partial charge in [0.1, 0.15) is 4.83 Å². The van der Waals surface area contributed by atoms with Crippen molar-refractivity contribution in [3.8, 4) is 0 Å². The summed E-state index contributed by atoms with van der Waals surface area (Å²) < 4.78 is 43.1. The highest BCUT2D eigenvalue weighted by Gasteiger charge is 2.37. The Hall–Kier alpha value is -1.88. The molecule has 0 saturated heterocycles. The van der Waals surface area contributed by atoms with E-state index >= 15 is 0 Å². The summed E-state index contributed by atoms with van der Waals surface area (Å²) in [5.41, 5.74) is 0.941. The van der Waals surface area contributed by atoms with Crippen LogP contribution < -0.4 is 5.32 Å².